The summed E-state index contributed by atoms with van der Waals surface area (Å²) < 4.78 is 1.46. The predicted molar refractivity (Wildman–Crippen MR) is 485 cm³/mol. The maximum atomic E-state index is 15.9. The van der Waals surface area contributed by atoms with Gasteiger partial charge in [-0.3, -0.25) is 81.5 Å². The number of Topliss-reactive ketones (excluding diaryl/α,β-unsaturated/α-hetero) is 1. The Morgan fingerprint density at radius 2 is 1.06 bits per heavy atom. The number of phenols is 1. The number of unbranched alkanes of at least 4 members (excludes halogenated alkanes) is 2. The fourth-order valence-electron chi connectivity index (χ4n) is 18.1. The van der Waals surface area contributed by atoms with Crippen molar-refractivity contribution in [2.24, 2.45) is 35.0 Å². The number of benzene rings is 3. The second kappa shape index (κ2) is 48.7. The van der Waals surface area contributed by atoms with Crippen LogP contribution in [0.4, 0.5) is 0 Å². The molecule has 4 aliphatic heterocycles. The van der Waals surface area contributed by atoms with Gasteiger partial charge in [0.2, 0.25) is 82.7 Å². The lowest BCUT2D eigenvalue weighted by molar-refractivity contribution is -0.149. The Balaban J connectivity index is 1.09. The molecule has 0 radical (unpaired) electrons. The molecule has 39 heteroatoms. The number of aliphatic carboxylic acids is 2. The monoisotopic (exact) mass is 1840 g/mol. The van der Waals surface area contributed by atoms with Gasteiger partial charge >= 0.3 is 11.9 Å². The van der Waals surface area contributed by atoms with Crippen LogP contribution in [0.2, 0.25) is 0 Å². The summed E-state index contributed by atoms with van der Waals surface area (Å²) in [5.74, 6) is -17.7. The standard InChI is InChI=1S/C93H132N18O21/c1-9-11-25-72-86(125)101-65(39-52(3)4)84(123)99-63(81(96)120)24-19-30-78(115)98-67(41-54-31-33-58(112)34-32-54)90(129)109-37-18-17-28-73(109)87(126)104-69(46-79(116)117)91(130)110-38-20-29-74(110)88(127)105-70(47-95)85(124)102-66(40-53(5)6)92(131)111-50-59(113)45-76(111)77(114)44-55(42-56-48-97-62-23-15-13-21-60(56)62)82(121)100-64(35-36-94)83(122)103-68(89(128)107(8)75(26-12-10-2)93(132)106(72)7)43-57-49-108(51-80(118)119)71-27-16-14-22-61(57)71/h13-16,21-23,27,31-34,48-49,52-53,55,59,63-70,72-76,97,112-113H,9-12,17-20,24-26,28-30,35-47,50-51,94-95H2,1-8H3,(H2,96,120)(H,98,115)(H,99,123)(H,100,121)(H,101,125)(H,102,124)(H,103,122)(H,104,126)(H,105,127)(H,116,117)(H,118,119)/t55-,59-,63+,64+,65+,66+,67+,68+,69+,70+,72+,73+,74+,75+,76+/m1/s1. The molecule has 5 aromatic rings. The van der Waals surface area contributed by atoms with Crippen LogP contribution in [-0.2, 0) is 107 Å². The van der Waals surface area contributed by atoms with Gasteiger partial charge in [0.05, 0.1) is 18.6 Å². The van der Waals surface area contributed by atoms with Crippen molar-refractivity contribution in [3.63, 3.8) is 0 Å². The van der Waals surface area contributed by atoms with E-state index in [1.165, 1.54) is 58.9 Å². The average Bonchev–Trinajstić information content (AvgIpc) is 1.63. The normalized spacial score (nSPS) is 25.8. The lowest BCUT2D eigenvalue weighted by Crippen LogP contribution is -2.61. The topological polar surface area (TPSA) is 582 Å². The fourth-order valence-corrected chi connectivity index (χ4v) is 18.1. The molecular weight excluding hydrogens is 1710 g/mol. The highest BCUT2D eigenvalue weighted by atomic mass is 16.4. The van der Waals surface area contributed by atoms with E-state index in [-0.39, 0.29) is 134 Å². The minimum atomic E-state index is -1.84. The lowest BCUT2D eigenvalue weighted by Gasteiger charge is -2.38. The number of carbonyl (C=O) groups excluding carboxylic acids is 15. The molecule has 132 heavy (non-hydrogen) atoms. The Bertz CT molecular complexity index is 4960. The number of nitrogens with one attached hydrogen (secondary N) is 9. The molecule has 0 saturated carbocycles. The number of nitrogens with two attached hydrogens (primary N) is 3. The second-order valence-electron chi connectivity index (χ2n) is 36.1. The molecule has 720 valence electrons. The van der Waals surface area contributed by atoms with Crippen LogP contribution >= 0.6 is 0 Å². The first-order chi connectivity index (χ1) is 62.8. The molecule has 4 aliphatic rings. The number of amides is 14. The van der Waals surface area contributed by atoms with Crippen LogP contribution in [0.3, 0.4) is 0 Å². The molecule has 0 aliphatic carbocycles. The molecule has 14 amide bonds. The minimum absolute atomic E-state index is 0.00796. The molecule has 15 atom stereocenters. The van der Waals surface area contributed by atoms with E-state index >= 15 is 38.4 Å². The molecule has 4 fully saturated rings. The summed E-state index contributed by atoms with van der Waals surface area (Å²) >= 11 is 0. The second-order valence-corrected chi connectivity index (χ2v) is 36.1. The number of hydrogen-bond donors (Lipinski definition) is 16. The zero-order valence-corrected chi connectivity index (χ0v) is 76.5. The third-order valence-electron chi connectivity index (χ3n) is 25.1. The number of aromatic amines is 1. The highest BCUT2D eigenvalue weighted by Crippen LogP contribution is 2.31. The van der Waals surface area contributed by atoms with Crippen molar-refractivity contribution in [3.8, 4) is 5.75 Å². The molecule has 0 bridgehead atoms. The Labute approximate surface area is 767 Å². The van der Waals surface area contributed by atoms with Gasteiger partial charge in [0.25, 0.3) is 0 Å². The van der Waals surface area contributed by atoms with E-state index in [1.807, 2.05) is 13.8 Å². The molecule has 39 nitrogen and oxygen atoms in total. The number of aromatic nitrogens is 2. The SMILES string of the molecule is CCCC[C@H]1C(=O)N(C)[C@@H](CCCC)C(=O)N[C@@H](CC(C)C)C(=O)N[C@H](C(N)=O)CCCC(=O)N[C@@H](Cc2ccc(O)cc2)C(=O)N2CCCC[C@H]2C(=O)N[C@@H](CC(=O)O)C(=O)N2CCC[C@H]2C(=O)N[C@@H](CN)C(=O)N[C@@H](CC(C)C)C(=O)N2C[C@H](O)C[C@H]2C(=O)C[C@@H](Cc2c[nH]c3ccccc23)C(=O)N[C@@H](CCN)C(=O)N[C@@H](Cc2cn(CC(=O)O)c3ccccc23)C(=O)N1C. The number of nitrogens with zero attached hydrogens (tertiary/aromatic N) is 6. The first-order valence-electron chi connectivity index (χ1n) is 46.0. The van der Waals surface area contributed by atoms with Crippen LogP contribution in [0.5, 0.6) is 5.75 Å². The van der Waals surface area contributed by atoms with Crippen LogP contribution < -0.4 is 59.7 Å². The number of aromatic hydroxyl groups is 1. The number of rotatable bonds is 24. The van der Waals surface area contributed by atoms with E-state index in [2.05, 4.69) is 47.5 Å². The van der Waals surface area contributed by atoms with Gasteiger partial charge in [-0.2, -0.15) is 0 Å². The number of para-hydroxylation sites is 2. The van der Waals surface area contributed by atoms with Crippen LogP contribution in [-0.4, -0.2) is 286 Å². The van der Waals surface area contributed by atoms with E-state index in [0.717, 1.165) is 14.7 Å². The Morgan fingerprint density at radius 3 is 1.70 bits per heavy atom. The third-order valence-corrected chi connectivity index (χ3v) is 25.1. The van der Waals surface area contributed by atoms with Crippen LogP contribution in [0.1, 0.15) is 187 Å². The molecule has 0 unspecified atom stereocenters. The van der Waals surface area contributed by atoms with Gasteiger partial charge in [-0.25, -0.2) is 0 Å². The van der Waals surface area contributed by atoms with Crippen molar-refractivity contribution < 1.29 is 102 Å². The van der Waals surface area contributed by atoms with E-state index in [9.17, 15) is 63.6 Å². The fraction of sp³-hybridized carbons (Fsp3) is 0.581. The van der Waals surface area contributed by atoms with Crippen LogP contribution in [0, 0.1) is 17.8 Å². The van der Waals surface area contributed by atoms with E-state index in [4.69, 9.17) is 17.2 Å². The Hall–Kier alpha value is -12.4. The summed E-state index contributed by atoms with van der Waals surface area (Å²) in [6, 6.07) is 0.493. The number of piperidine rings is 1. The summed E-state index contributed by atoms with van der Waals surface area (Å²) in [6.07, 6.45) is 0.857. The number of likely N-dealkylation sites (N-methyl/N-ethyl adjacent to an activating group) is 2. The third kappa shape index (κ3) is 27.6. The Morgan fingerprint density at radius 1 is 0.508 bits per heavy atom. The van der Waals surface area contributed by atoms with Crippen molar-refractivity contribution >= 4 is 122 Å². The van der Waals surface area contributed by atoms with Gasteiger partial charge in [-0.15, -0.1) is 0 Å². The number of ketones is 1. The molecule has 6 heterocycles. The summed E-state index contributed by atoms with van der Waals surface area (Å²) in [6.45, 7) is 8.87. The number of carbonyl (C=O) groups is 17. The summed E-state index contributed by atoms with van der Waals surface area (Å²) in [7, 11) is 2.75. The zero-order valence-electron chi connectivity index (χ0n) is 76.5. The molecular formula is C93H132N18O21. The van der Waals surface area contributed by atoms with Gasteiger partial charge in [0.1, 0.15) is 84.8 Å². The van der Waals surface area contributed by atoms with Gasteiger partial charge in [0.15, 0.2) is 5.78 Å². The number of carboxylic acids is 2. The number of primary amides is 1. The van der Waals surface area contributed by atoms with E-state index in [0.29, 0.717) is 77.0 Å². The average molecular weight is 1840 g/mol. The number of aliphatic hydroxyl groups excluding tert-OH is 1. The molecule has 2 aromatic heterocycles. The van der Waals surface area contributed by atoms with Gasteiger partial charge < -0.3 is 114 Å². The summed E-state index contributed by atoms with van der Waals surface area (Å²) in [5, 5.41) is 65.0. The number of H-pyrrole nitrogens is 1. The Kier molecular flexibility index (Phi) is 38.1. The van der Waals surface area contributed by atoms with Crippen LogP contribution in [0.25, 0.3) is 21.8 Å². The largest absolute Gasteiger partial charge is 0.508 e. The molecule has 0 spiro atoms. The first-order valence-corrected chi connectivity index (χ1v) is 46.0. The molecule has 3 aromatic carbocycles. The predicted octanol–water partition coefficient (Wildman–Crippen LogP) is 1.31. The van der Waals surface area contributed by atoms with Crippen molar-refractivity contribution in [2.45, 2.75) is 280 Å². The van der Waals surface area contributed by atoms with Crippen molar-refractivity contribution in [1.29, 1.82) is 0 Å². The lowest BCUT2D eigenvalue weighted by atomic mass is 9.90. The molecule has 19 N–H and O–H groups in total. The van der Waals surface area contributed by atoms with Crippen molar-refractivity contribution in [1.82, 2.24) is 76.6 Å². The maximum Gasteiger partial charge on any atom is 0.323 e. The highest BCUT2D eigenvalue weighted by molar-refractivity contribution is 6.02. The van der Waals surface area contributed by atoms with Crippen molar-refractivity contribution in [3.05, 3.63) is 102 Å². The first kappa shape index (κ1) is 103. The number of hydrogen-bond acceptors (Lipinski definition) is 21. The van der Waals surface area contributed by atoms with E-state index < -0.39 is 223 Å². The summed E-state index contributed by atoms with van der Waals surface area (Å²) in [4.78, 5) is 259. The minimum Gasteiger partial charge on any atom is -0.508 e. The number of fused-ring (bicyclic) bond motifs is 5. The van der Waals surface area contributed by atoms with E-state index in [1.54, 1.807) is 82.4 Å². The number of carboxylic acid groups (broad SMARTS) is 2. The van der Waals surface area contributed by atoms with Crippen LogP contribution in [0.15, 0.2) is 85.2 Å². The molecule has 9 rings (SSSR count). The quantitative estimate of drug-likeness (QED) is 0.0414. The zero-order chi connectivity index (χ0) is 96.5. The van der Waals surface area contributed by atoms with Gasteiger partial charge in [-0.05, 0) is 143 Å². The molecule has 4 saturated heterocycles. The maximum absolute atomic E-state index is 15.9. The van der Waals surface area contributed by atoms with Gasteiger partial charge in [-0.1, -0.05) is 116 Å². The van der Waals surface area contributed by atoms with Gasteiger partial charge in [0, 0.05) is 112 Å². The smallest absolute Gasteiger partial charge is 0.323 e. The highest BCUT2D eigenvalue weighted by Gasteiger charge is 2.47. The summed E-state index contributed by atoms with van der Waals surface area (Å²) in [5.41, 5.74) is 21.0. The number of phenolic OH excluding ortho intramolecular Hbond substituents is 1. The number of aliphatic hydroxyl groups is 1. The van der Waals surface area contributed by atoms with Crippen molar-refractivity contribution in [2.75, 3.05) is 46.8 Å².